The van der Waals surface area contributed by atoms with E-state index >= 15 is 0 Å². The van der Waals surface area contributed by atoms with E-state index in [1.54, 1.807) is 0 Å². The Balaban J connectivity index is 1.79. The number of rotatable bonds is 4. The highest BCUT2D eigenvalue weighted by Gasteiger charge is 2.16. The van der Waals surface area contributed by atoms with E-state index in [9.17, 15) is 0 Å². The maximum atomic E-state index is 5.58. The maximum absolute atomic E-state index is 5.58. The average Bonchev–Trinajstić information content (AvgIpc) is 2.94. The van der Waals surface area contributed by atoms with Gasteiger partial charge in [-0.3, -0.25) is 0 Å². The molecule has 0 aliphatic carbocycles. The van der Waals surface area contributed by atoms with E-state index in [2.05, 4.69) is 72.2 Å². The summed E-state index contributed by atoms with van der Waals surface area (Å²) in [4.78, 5) is 0.247. The molecule has 3 rings (SSSR count). The standard InChI is InChI=1S/C19H21BrO/c1-13(2)11-14-3-5-15(6-4-14)19(20)17-7-8-18-16(12-17)9-10-21-18/h3-8,12-13,19H,9-11H2,1-2H3. The number of halogens is 1. The van der Waals surface area contributed by atoms with Crippen LogP contribution >= 0.6 is 15.9 Å². The molecule has 2 aromatic rings. The molecule has 1 atom stereocenters. The van der Waals surface area contributed by atoms with Gasteiger partial charge in [0.25, 0.3) is 0 Å². The van der Waals surface area contributed by atoms with Gasteiger partial charge in [-0.2, -0.15) is 0 Å². The van der Waals surface area contributed by atoms with Crippen molar-refractivity contribution in [3.63, 3.8) is 0 Å². The highest BCUT2D eigenvalue weighted by Crippen LogP contribution is 2.35. The van der Waals surface area contributed by atoms with E-state index < -0.39 is 0 Å². The van der Waals surface area contributed by atoms with Crippen LogP contribution in [0.5, 0.6) is 5.75 Å². The van der Waals surface area contributed by atoms with Gasteiger partial charge in [-0.05, 0) is 40.7 Å². The van der Waals surface area contributed by atoms with Gasteiger partial charge in [-0.1, -0.05) is 66.2 Å². The van der Waals surface area contributed by atoms with Crippen molar-refractivity contribution in [2.45, 2.75) is 31.5 Å². The summed E-state index contributed by atoms with van der Waals surface area (Å²) in [6, 6.07) is 15.5. The lowest BCUT2D eigenvalue weighted by atomic mass is 9.98. The van der Waals surface area contributed by atoms with Crippen LogP contribution in [0, 0.1) is 5.92 Å². The first-order valence-corrected chi connectivity index (χ1v) is 8.53. The molecule has 0 fully saturated rings. The Morgan fingerprint density at radius 3 is 2.48 bits per heavy atom. The monoisotopic (exact) mass is 344 g/mol. The van der Waals surface area contributed by atoms with E-state index in [4.69, 9.17) is 4.74 Å². The zero-order chi connectivity index (χ0) is 14.8. The third kappa shape index (κ3) is 3.32. The maximum Gasteiger partial charge on any atom is 0.122 e. The minimum absolute atomic E-state index is 0.247. The summed E-state index contributed by atoms with van der Waals surface area (Å²) >= 11 is 3.84. The van der Waals surface area contributed by atoms with E-state index in [0.29, 0.717) is 5.92 Å². The molecule has 0 saturated heterocycles. The zero-order valence-corrected chi connectivity index (χ0v) is 14.2. The van der Waals surface area contributed by atoms with Crippen molar-refractivity contribution in [2.24, 2.45) is 5.92 Å². The van der Waals surface area contributed by atoms with E-state index in [1.165, 1.54) is 22.3 Å². The van der Waals surface area contributed by atoms with Crippen molar-refractivity contribution in [1.82, 2.24) is 0 Å². The van der Waals surface area contributed by atoms with Gasteiger partial charge in [0.15, 0.2) is 0 Å². The second-order valence-corrected chi connectivity index (χ2v) is 7.08. The number of benzene rings is 2. The molecule has 0 saturated carbocycles. The molecule has 1 aliphatic rings. The summed E-state index contributed by atoms with van der Waals surface area (Å²) in [5.74, 6) is 1.75. The molecule has 1 unspecified atom stereocenters. The lowest BCUT2D eigenvalue weighted by Gasteiger charge is -2.13. The number of hydrogen-bond donors (Lipinski definition) is 0. The molecule has 0 N–H and O–H groups in total. The smallest absolute Gasteiger partial charge is 0.122 e. The largest absolute Gasteiger partial charge is 0.493 e. The summed E-state index contributed by atoms with van der Waals surface area (Å²) in [5, 5.41) is 0. The zero-order valence-electron chi connectivity index (χ0n) is 12.6. The van der Waals surface area contributed by atoms with Crippen molar-refractivity contribution in [1.29, 1.82) is 0 Å². The minimum Gasteiger partial charge on any atom is -0.493 e. The van der Waals surface area contributed by atoms with Crippen LogP contribution in [0.15, 0.2) is 42.5 Å². The van der Waals surface area contributed by atoms with Gasteiger partial charge in [-0.25, -0.2) is 0 Å². The molecule has 0 radical (unpaired) electrons. The molecule has 0 amide bonds. The Bertz CT molecular complexity index is 616. The second-order valence-electron chi connectivity index (χ2n) is 6.17. The van der Waals surface area contributed by atoms with Gasteiger partial charge in [0.1, 0.15) is 5.75 Å². The fourth-order valence-electron chi connectivity index (χ4n) is 2.85. The van der Waals surface area contributed by atoms with E-state index in [0.717, 1.165) is 25.2 Å². The van der Waals surface area contributed by atoms with Gasteiger partial charge < -0.3 is 4.74 Å². The van der Waals surface area contributed by atoms with Crippen molar-refractivity contribution < 1.29 is 4.74 Å². The molecule has 2 aromatic carbocycles. The van der Waals surface area contributed by atoms with Gasteiger partial charge in [0.2, 0.25) is 0 Å². The minimum atomic E-state index is 0.247. The van der Waals surface area contributed by atoms with Crippen molar-refractivity contribution in [2.75, 3.05) is 6.61 Å². The van der Waals surface area contributed by atoms with Crippen LogP contribution in [0.3, 0.4) is 0 Å². The lowest BCUT2D eigenvalue weighted by Crippen LogP contribution is -1.97. The number of ether oxygens (including phenoxy) is 1. The first kappa shape index (κ1) is 14.6. The first-order valence-electron chi connectivity index (χ1n) is 7.62. The molecule has 2 heteroatoms. The fourth-order valence-corrected chi connectivity index (χ4v) is 3.44. The van der Waals surface area contributed by atoms with Crippen LogP contribution in [0.1, 0.15) is 40.9 Å². The van der Waals surface area contributed by atoms with Gasteiger partial charge in [-0.15, -0.1) is 0 Å². The molecule has 1 aliphatic heterocycles. The number of hydrogen-bond acceptors (Lipinski definition) is 1. The van der Waals surface area contributed by atoms with Gasteiger partial charge in [0, 0.05) is 6.42 Å². The Kier molecular flexibility index (Phi) is 4.34. The quantitative estimate of drug-likeness (QED) is 0.683. The summed E-state index contributed by atoms with van der Waals surface area (Å²) in [6.45, 7) is 5.33. The molecule has 1 nitrogen and oxygen atoms in total. The van der Waals surface area contributed by atoms with Gasteiger partial charge >= 0.3 is 0 Å². The Morgan fingerprint density at radius 1 is 1.05 bits per heavy atom. The molecule has 110 valence electrons. The number of alkyl halides is 1. The van der Waals surface area contributed by atoms with Crippen LogP contribution in [0.25, 0.3) is 0 Å². The van der Waals surface area contributed by atoms with Gasteiger partial charge in [0.05, 0.1) is 11.4 Å². The molecule has 1 heterocycles. The van der Waals surface area contributed by atoms with Crippen molar-refractivity contribution in [3.05, 3.63) is 64.7 Å². The van der Waals surface area contributed by atoms with Crippen LogP contribution in [0.4, 0.5) is 0 Å². The third-order valence-corrected chi connectivity index (χ3v) is 4.98. The van der Waals surface area contributed by atoms with Crippen molar-refractivity contribution >= 4 is 15.9 Å². The molecule has 0 aromatic heterocycles. The van der Waals surface area contributed by atoms with Crippen LogP contribution in [-0.2, 0) is 12.8 Å². The van der Waals surface area contributed by atoms with Crippen molar-refractivity contribution in [3.8, 4) is 5.75 Å². The fraction of sp³-hybridized carbons (Fsp3) is 0.368. The summed E-state index contributed by atoms with van der Waals surface area (Å²) in [5.41, 5.74) is 5.35. The topological polar surface area (TPSA) is 9.23 Å². The van der Waals surface area contributed by atoms with E-state index in [-0.39, 0.29) is 4.83 Å². The Labute approximate surface area is 135 Å². The predicted octanol–water partition coefficient (Wildman–Crippen LogP) is 5.30. The van der Waals surface area contributed by atoms with Crippen LogP contribution in [-0.4, -0.2) is 6.61 Å². The molecule has 21 heavy (non-hydrogen) atoms. The average molecular weight is 345 g/mol. The third-order valence-electron chi connectivity index (χ3n) is 3.92. The summed E-state index contributed by atoms with van der Waals surface area (Å²) < 4.78 is 5.58. The molecular formula is C19H21BrO. The molecule has 0 bridgehead atoms. The highest BCUT2D eigenvalue weighted by atomic mass is 79.9. The highest BCUT2D eigenvalue weighted by molar-refractivity contribution is 9.09. The molecular weight excluding hydrogens is 324 g/mol. The lowest BCUT2D eigenvalue weighted by molar-refractivity contribution is 0.357. The SMILES string of the molecule is CC(C)Cc1ccc(C(Br)c2ccc3c(c2)CCO3)cc1. The summed E-state index contributed by atoms with van der Waals surface area (Å²) in [7, 11) is 0. The van der Waals surface area contributed by atoms with E-state index in [1.807, 2.05) is 0 Å². The normalized spacial score (nSPS) is 14.9. The second kappa shape index (κ2) is 6.23. The predicted molar refractivity (Wildman–Crippen MR) is 91.4 cm³/mol. The Hall–Kier alpha value is -1.28. The Morgan fingerprint density at radius 2 is 1.76 bits per heavy atom. The van der Waals surface area contributed by atoms with Crippen LogP contribution in [0.2, 0.25) is 0 Å². The number of fused-ring (bicyclic) bond motifs is 1. The first-order chi connectivity index (χ1) is 10.1. The summed E-state index contributed by atoms with van der Waals surface area (Å²) in [6.07, 6.45) is 2.17. The van der Waals surface area contributed by atoms with Crippen LogP contribution < -0.4 is 4.74 Å². The molecule has 0 spiro atoms.